The molecule has 0 unspecified atom stereocenters. The Morgan fingerprint density at radius 2 is 1.77 bits per heavy atom. The van der Waals surface area contributed by atoms with E-state index in [4.69, 9.17) is 14.2 Å². The molecule has 0 bridgehead atoms. The number of pyridine rings is 1. The molecule has 10 heteroatoms. The average molecular weight is 485 g/mol. The van der Waals surface area contributed by atoms with Gasteiger partial charge in [-0.25, -0.2) is 4.79 Å². The van der Waals surface area contributed by atoms with Crippen molar-refractivity contribution in [3.05, 3.63) is 70.1 Å². The Hall–Kier alpha value is -3.95. The minimum absolute atomic E-state index is 0.0739. The van der Waals surface area contributed by atoms with E-state index in [1.807, 2.05) is 30.3 Å². The Kier molecular flexibility index (Phi) is 8.40. The molecule has 3 rings (SSSR count). The fraction of sp³-hybridized carbons (Fsp3) is 0.400. The molecule has 0 aliphatic carbocycles. The lowest BCUT2D eigenvalue weighted by molar-refractivity contribution is -0.176. The fourth-order valence-electron chi connectivity index (χ4n) is 3.57. The number of aromatic nitrogens is 1. The lowest BCUT2D eigenvalue weighted by atomic mass is 9.91. The molecule has 1 aliphatic heterocycles. The minimum atomic E-state index is -1.34. The summed E-state index contributed by atoms with van der Waals surface area (Å²) in [5.41, 5.74) is 0.235. The molecule has 1 saturated heterocycles. The molecule has 1 aromatic heterocycles. The van der Waals surface area contributed by atoms with Gasteiger partial charge in [0.05, 0.1) is 5.92 Å². The molecule has 186 valence electrons. The molecule has 1 aromatic carbocycles. The summed E-state index contributed by atoms with van der Waals surface area (Å²) in [7, 11) is 0. The standard InChI is InChI=1S/C25H28N2O8/c1-14(2)23(30)35-21-15(3)34-25(32)19(27-22(29)18-10-7-11-20(28)26-18)13-33-24(31)17(21)12-16-8-5-4-6-9-16/h4-11,14-15,17,19,21H,12-13H2,1-3H3,(H,26,28)(H,27,29)/t15-,17+,19-,21-/m0/s1. The maximum atomic E-state index is 13.1. The van der Waals surface area contributed by atoms with E-state index in [0.717, 1.165) is 5.56 Å². The Balaban J connectivity index is 1.86. The molecule has 2 aromatic rings. The third-order valence-corrected chi connectivity index (χ3v) is 5.48. The van der Waals surface area contributed by atoms with Crippen molar-refractivity contribution in [2.75, 3.05) is 6.61 Å². The van der Waals surface area contributed by atoms with Crippen LogP contribution in [0.4, 0.5) is 0 Å². The number of cyclic esters (lactones) is 2. The van der Waals surface area contributed by atoms with Gasteiger partial charge in [-0.1, -0.05) is 50.2 Å². The quantitative estimate of drug-likeness (QED) is 0.463. The number of benzene rings is 1. The smallest absolute Gasteiger partial charge is 0.332 e. The molecule has 35 heavy (non-hydrogen) atoms. The first-order chi connectivity index (χ1) is 16.7. The van der Waals surface area contributed by atoms with E-state index in [2.05, 4.69) is 10.3 Å². The third kappa shape index (κ3) is 6.78. The van der Waals surface area contributed by atoms with Crippen molar-refractivity contribution >= 4 is 23.8 Å². The highest BCUT2D eigenvalue weighted by Crippen LogP contribution is 2.24. The summed E-state index contributed by atoms with van der Waals surface area (Å²) in [5, 5.41) is 2.42. The second kappa shape index (κ2) is 11.5. The first-order valence-electron chi connectivity index (χ1n) is 11.3. The number of hydrogen-bond donors (Lipinski definition) is 2. The first kappa shape index (κ1) is 25.7. The van der Waals surface area contributed by atoms with E-state index in [9.17, 15) is 24.0 Å². The predicted molar refractivity (Wildman–Crippen MR) is 123 cm³/mol. The molecular weight excluding hydrogens is 456 g/mol. The molecule has 0 radical (unpaired) electrons. The summed E-state index contributed by atoms with van der Waals surface area (Å²) in [4.78, 5) is 64.8. The number of carbonyl (C=O) groups is 4. The van der Waals surface area contributed by atoms with E-state index in [1.165, 1.54) is 25.1 Å². The van der Waals surface area contributed by atoms with Gasteiger partial charge in [-0.2, -0.15) is 0 Å². The SMILES string of the molecule is CC(C)C(=O)O[C@H]1[C@H](C)OC(=O)[C@@H](NC(=O)c2cccc(=O)[nH]2)COC(=O)[C@@H]1Cc1ccccc1. The number of aromatic amines is 1. The minimum Gasteiger partial charge on any atom is -0.463 e. The average Bonchev–Trinajstić information content (AvgIpc) is 2.86. The van der Waals surface area contributed by atoms with Gasteiger partial charge in [0, 0.05) is 6.07 Å². The highest BCUT2D eigenvalue weighted by atomic mass is 16.6. The zero-order valence-corrected chi connectivity index (χ0v) is 19.7. The summed E-state index contributed by atoms with van der Waals surface area (Å²) in [6, 6.07) is 11.8. The van der Waals surface area contributed by atoms with Gasteiger partial charge in [0.1, 0.15) is 24.3 Å². The molecule has 2 heterocycles. The summed E-state index contributed by atoms with van der Waals surface area (Å²) in [6.45, 7) is 4.32. The number of rotatable bonds is 6. The van der Waals surface area contributed by atoms with Gasteiger partial charge < -0.3 is 24.5 Å². The Morgan fingerprint density at radius 1 is 1.06 bits per heavy atom. The molecule has 1 aliphatic rings. The van der Waals surface area contributed by atoms with Gasteiger partial charge in [-0.15, -0.1) is 0 Å². The zero-order valence-electron chi connectivity index (χ0n) is 19.7. The molecule has 1 amide bonds. The molecule has 2 N–H and O–H groups in total. The van der Waals surface area contributed by atoms with Gasteiger partial charge in [-0.3, -0.25) is 19.2 Å². The van der Waals surface area contributed by atoms with Crippen molar-refractivity contribution in [2.45, 2.75) is 45.4 Å². The van der Waals surface area contributed by atoms with Crippen LogP contribution in [0.25, 0.3) is 0 Å². The van der Waals surface area contributed by atoms with E-state index >= 15 is 0 Å². The monoisotopic (exact) mass is 484 g/mol. The van der Waals surface area contributed by atoms with Crippen molar-refractivity contribution in [1.82, 2.24) is 10.3 Å². The number of esters is 3. The molecular formula is C25H28N2O8. The van der Waals surface area contributed by atoms with Crippen LogP contribution < -0.4 is 10.9 Å². The van der Waals surface area contributed by atoms with Crippen LogP contribution in [0.15, 0.2) is 53.3 Å². The zero-order chi connectivity index (χ0) is 25.5. The highest BCUT2D eigenvalue weighted by Gasteiger charge is 2.42. The van der Waals surface area contributed by atoms with E-state index in [-0.39, 0.29) is 12.1 Å². The second-order valence-corrected chi connectivity index (χ2v) is 8.58. The van der Waals surface area contributed by atoms with Crippen LogP contribution in [0.2, 0.25) is 0 Å². The van der Waals surface area contributed by atoms with E-state index in [1.54, 1.807) is 13.8 Å². The maximum Gasteiger partial charge on any atom is 0.332 e. The number of carbonyl (C=O) groups excluding carboxylic acids is 4. The summed E-state index contributed by atoms with van der Waals surface area (Å²) >= 11 is 0. The normalized spacial score (nSPS) is 22.7. The maximum absolute atomic E-state index is 13.1. The van der Waals surface area contributed by atoms with Gasteiger partial charge in [-0.05, 0) is 25.0 Å². The van der Waals surface area contributed by atoms with Crippen LogP contribution in [-0.2, 0) is 35.0 Å². The fourth-order valence-corrected chi connectivity index (χ4v) is 3.57. The van der Waals surface area contributed by atoms with Crippen LogP contribution in [-0.4, -0.2) is 53.7 Å². The third-order valence-electron chi connectivity index (χ3n) is 5.48. The van der Waals surface area contributed by atoms with Crippen LogP contribution >= 0.6 is 0 Å². The molecule has 0 saturated carbocycles. The molecule has 0 spiro atoms. The first-order valence-corrected chi connectivity index (χ1v) is 11.3. The van der Waals surface area contributed by atoms with Gasteiger partial charge >= 0.3 is 17.9 Å². The van der Waals surface area contributed by atoms with E-state index < -0.39 is 66.1 Å². The van der Waals surface area contributed by atoms with Crippen molar-refractivity contribution in [1.29, 1.82) is 0 Å². The number of ether oxygens (including phenoxy) is 3. The van der Waals surface area contributed by atoms with Crippen LogP contribution in [0, 0.1) is 11.8 Å². The summed E-state index contributed by atoms with van der Waals surface area (Å²) in [5.74, 6) is -4.31. The van der Waals surface area contributed by atoms with Gasteiger partial charge in [0.25, 0.3) is 5.91 Å². The van der Waals surface area contributed by atoms with Crippen molar-refractivity contribution in [3.63, 3.8) is 0 Å². The number of H-pyrrole nitrogens is 1. The Labute approximate surface area is 202 Å². The van der Waals surface area contributed by atoms with Crippen molar-refractivity contribution in [2.24, 2.45) is 11.8 Å². The van der Waals surface area contributed by atoms with Gasteiger partial charge in [0.2, 0.25) is 5.56 Å². The van der Waals surface area contributed by atoms with Crippen molar-refractivity contribution < 1.29 is 33.4 Å². The lowest BCUT2D eigenvalue weighted by Gasteiger charge is -2.29. The molecule has 1 fully saturated rings. The Morgan fingerprint density at radius 3 is 2.43 bits per heavy atom. The largest absolute Gasteiger partial charge is 0.463 e. The number of amides is 1. The Bertz CT molecular complexity index is 1130. The second-order valence-electron chi connectivity index (χ2n) is 8.58. The topological polar surface area (TPSA) is 141 Å². The molecule has 10 nitrogen and oxygen atoms in total. The summed E-state index contributed by atoms with van der Waals surface area (Å²) < 4.78 is 16.5. The highest BCUT2D eigenvalue weighted by molar-refractivity contribution is 5.95. The molecule has 4 atom stereocenters. The van der Waals surface area contributed by atoms with Crippen LogP contribution in [0.3, 0.4) is 0 Å². The van der Waals surface area contributed by atoms with Crippen molar-refractivity contribution in [3.8, 4) is 0 Å². The van der Waals surface area contributed by atoms with Crippen LogP contribution in [0.5, 0.6) is 0 Å². The lowest BCUT2D eigenvalue weighted by Crippen LogP contribution is -2.47. The van der Waals surface area contributed by atoms with Crippen LogP contribution in [0.1, 0.15) is 36.8 Å². The summed E-state index contributed by atoms with van der Waals surface area (Å²) in [6.07, 6.45) is -1.94. The van der Waals surface area contributed by atoms with E-state index in [0.29, 0.717) is 0 Å². The number of nitrogens with one attached hydrogen (secondary N) is 2. The van der Waals surface area contributed by atoms with Gasteiger partial charge in [0.15, 0.2) is 12.1 Å². The number of hydrogen-bond acceptors (Lipinski definition) is 8. The predicted octanol–water partition coefficient (Wildman–Crippen LogP) is 1.39.